The van der Waals surface area contributed by atoms with E-state index in [4.69, 9.17) is 4.74 Å². The maximum absolute atomic E-state index is 11.7. The molecule has 0 amide bonds. The molecule has 1 aromatic rings. The van der Waals surface area contributed by atoms with Gasteiger partial charge in [-0.3, -0.25) is 4.79 Å². The lowest BCUT2D eigenvalue weighted by Gasteiger charge is -2.10. The second kappa shape index (κ2) is 6.15. The first-order chi connectivity index (χ1) is 7.99. The molecule has 1 unspecified atom stereocenters. The Bertz CT molecular complexity index is 385. The summed E-state index contributed by atoms with van der Waals surface area (Å²) in [7, 11) is 1.44. The second-order valence-electron chi connectivity index (χ2n) is 4.64. The summed E-state index contributed by atoms with van der Waals surface area (Å²) in [6.07, 6.45) is 1.74. The molecule has 0 saturated carbocycles. The summed E-state index contributed by atoms with van der Waals surface area (Å²) in [5.74, 6) is 0.278. The number of methoxy groups -OCH3 is 1. The maximum atomic E-state index is 11.7. The number of carbonyl (C=O) groups excluding carboxylic acids is 1. The number of hydrogen-bond acceptors (Lipinski definition) is 4. The third-order valence-corrected chi connectivity index (χ3v) is 3.96. The Morgan fingerprint density at radius 2 is 2.12 bits per heavy atom. The predicted molar refractivity (Wildman–Crippen MR) is 70.4 cm³/mol. The van der Waals surface area contributed by atoms with Crippen molar-refractivity contribution in [2.45, 2.75) is 46.5 Å². The number of hydrogen-bond donors (Lipinski definition) is 0. The van der Waals surface area contributed by atoms with E-state index in [0.717, 1.165) is 28.4 Å². The van der Waals surface area contributed by atoms with Crippen molar-refractivity contribution in [2.24, 2.45) is 5.92 Å². The molecule has 3 nitrogen and oxygen atoms in total. The van der Waals surface area contributed by atoms with Crippen LogP contribution in [-0.2, 0) is 16.0 Å². The van der Waals surface area contributed by atoms with Gasteiger partial charge in [-0.1, -0.05) is 20.8 Å². The van der Waals surface area contributed by atoms with Crippen LogP contribution in [0.1, 0.15) is 48.7 Å². The molecular formula is C13H21NO2S. The van der Waals surface area contributed by atoms with Gasteiger partial charge in [0.05, 0.1) is 23.7 Å². The van der Waals surface area contributed by atoms with Gasteiger partial charge in [-0.05, 0) is 19.3 Å². The van der Waals surface area contributed by atoms with E-state index >= 15 is 0 Å². The Morgan fingerprint density at radius 3 is 2.59 bits per heavy atom. The summed E-state index contributed by atoms with van der Waals surface area (Å²) in [5, 5.41) is 1.12. The summed E-state index contributed by atoms with van der Waals surface area (Å²) < 4.78 is 4.84. The van der Waals surface area contributed by atoms with Gasteiger partial charge in [0, 0.05) is 11.3 Å². The fraction of sp³-hybridized carbons (Fsp3) is 0.692. The van der Waals surface area contributed by atoms with Crippen molar-refractivity contribution in [1.82, 2.24) is 4.98 Å². The topological polar surface area (TPSA) is 39.2 Å². The fourth-order valence-corrected chi connectivity index (χ4v) is 3.28. The molecular weight excluding hydrogens is 234 g/mol. The standard InChI is InChI=1S/C13H21NO2S/c1-6-10(13(15)16-5)12-9(4)14-11(17-12)7-8(2)3/h8,10H,6-7H2,1-5H3. The van der Waals surface area contributed by atoms with E-state index < -0.39 is 0 Å². The SMILES string of the molecule is CCC(C(=O)OC)c1sc(CC(C)C)nc1C. The number of nitrogens with zero attached hydrogens (tertiary/aromatic N) is 1. The van der Waals surface area contributed by atoms with E-state index in [-0.39, 0.29) is 11.9 Å². The quantitative estimate of drug-likeness (QED) is 0.758. The summed E-state index contributed by atoms with van der Waals surface area (Å²) in [6.45, 7) is 8.33. The molecule has 96 valence electrons. The van der Waals surface area contributed by atoms with Crippen molar-refractivity contribution >= 4 is 17.3 Å². The highest BCUT2D eigenvalue weighted by Gasteiger charge is 2.24. The molecule has 1 aromatic heterocycles. The zero-order valence-electron chi connectivity index (χ0n) is 11.2. The van der Waals surface area contributed by atoms with E-state index in [2.05, 4.69) is 18.8 Å². The third kappa shape index (κ3) is 3.53. The Hall–Kier alpha value is -0.900. The molecule has 1 rings (SSSR count). The molecule has 0 saturated heterocycles. The normalized spacial score (nSPS) is 12.8. The molecule has 0 aliphatic heterocycles. The minimum atomic E-state index is -0.157. The summed E-state index contributed by atoms with van der Waals surface area (Å²) in [5.41, 5.74) is 0.975. The summed E-state index contributed by atoms with van der Waals surface area (Å²) in [4.78, 5) is 17.3. The Kier molecular flexibility index (Phi) is 5.12. The van der Waals surface area contributed by atoms with Crippen molar-refractivity contribution in [2.75, 3.05) is 7.11 Å². The molecule has 17 heavy (non-hydrogen) atoms. The molecule has 0 fully saturated rings. The molecule has 0 spiro atoms. The van der Waals surface area contributed by atoms with Crippen molar-refractivity contribution in [1.29, 1.82) is 0 Å². The predicted octanol–water partition coefficient (Wildman–Crippen LogP) is 3.32. The van der Waals surface area contributed by atoms with Crippen molar-refractivity contribution in [3.63, 3.8) is 0 Å². The molecule has 4 heteroatoms. The average Bonchev–Trinajstić information content (AvgIpc) is 2.59. The number of rotatable bonds is 5. The van der Waals surface area contributed by atoms with E-state index in [1.807, 2.05) is 13.8 Å². The third-order valence-electron chi connectivity index (χ3n) is 2.67. The van der Waals surface area contributed by atoms with Crippen LogP contribution in [0.2, 0.25) is 0 Å². The van der Waals surface area contributed by atoms with Crippen LogP contribution in [0, 0.1) is 12.8 Å². The number of ether oxygens (including phenoxy) is 1. The van der Waals surface area contributed by atoms with Gasteiger partial charge in [-0.25, -0.2) is 4.98 Å². The van der Waals surface area contributed by atoms with Gasteiger partial charge in [0.2, 0.25) is 0 Å². The number of aryl methyl sites for hydroxylation is 1. The molecule has 0 bridgehead atoms. The lowest BCUT2D eigenvalue weighted by molar-refractivity contribution is -0.142. The highest BCUT2D eigenvalue weighted by atomic mass is 32.1. The maximum Gasteiger partial charge on any atom is 0.314 e. The lowest BCUT2D eigenvalue weighted by atomic mass is 10.0. The zero-order valence-corrected chi connectivity index (χ0v) is 12.1. The molecule has 0 aliphatic carbocycles. The minimum absolute atomic E-state index is 0.154. The van der Waals surface area contributed by atoms with Crippen molar-refractivity contribution < 1.29 is 9.53 Å². The Labute approximate surface area is 107 Å². The zero-order chi connectivity index (χ0) is 13.0. The van der Waals surface area contributed by atoms with Gasteiger partial charge >= 0.3 is 5.97 Å². The van der Waals surface area contributed by atoms with Gasteiger partial charge in [-0.15, -0.1) is 11.3 Å². The van der Waals surface area contributed by atoms with Gasteiger partial charge in [-0.2, -0.15) is 0 Å². The van der Waals surface area contributed by atoms with Crippen LogP contribution in [-0.4, -0.2) is 18.1 Å². The molecule has 0 aromatic carbocycles. The lowest BCUT2D eigenvalue weighted by Crippen LogP contribution is -2.13. The van der Waals surface area contributed by atoms with Crippen molar-refractivity contribution in [3.8, 4) is 0 Å². The monoisotopic (exact) mass is 255 g/mol. The smallest absolute Gasteiger partial charge is 0.314 e. The molecule has 1 heterocycles. The highest BCUT2D eigenvalue weighted by molar-refractivity contribution is 7.12. The second-order valence-corrected chi connectivity index (χ2v) is 5.75. The molecule has 0 N–H and O–H groups in total. The average molecular weight is 255 g/mol. The van der Waals surface area contributed by atoms with E-state index in [1.165, 1.54) is 7.11 Å². The van der Waals surface area contributed by atoms with Gasteiger partial charge in [0.1, 0.15) is 0 Å². The molecule has 0 aliphatic rings. The van der Waals surface area contributed by atoms with E-state index in [9.17, 15) is 4.79 Å². The van der Waals surface area contributed by atoms with E-state index in [0.29, 0.717) is 5.92 Å². The van der Waals surface area contributed by atoms with Gasteiger partial charge < -0.3 is 4.74 Å². The first kappa shape index (κ1) is 14.2. The number of esters is 1. The van der Waals surface area contributed by atoms with Gasteiger partial charge in [0.25, 0.3) is 0 Å². The first-order valence-corrected chi connectivity index (χ1v) is 6.85. The minimum Gasteiger partial charge on any atom is -0.469 e. The van der Waals surface area contributed by atoms with E-state index in [1.54, 1.807) is 11.3 Å². The Balaban J connectivity index is 2.96. The number of carbonyl (C=O) groups is 1. The summed E-state index contributed by atoms with van der Waals surface area (Å²) in [6, 6.07) is 0. The summed E-state index contributed by atoms with van der Waals surface area (Å²) >= 11 is 1.65. The van der Waals surface area contributed by atoms with Crippen LogP contribution in [0.25, 0.3) is 0 Å². The van der Waals surface area contributed by atoms with Crippen molar-refractivity contribution in [3.05, 3.63) is 15.6 Å². The largest absolute Gasteiger partial charge is 0.469 e. The van der Waals surface area contributed by atoms with Crippen LogP contribution in [0.5, 0.6) is 0 Å². The van der Waals surface area contributed by atoms with Crippen LogP contribution >= 0.6 is 11.3 Å². The molecule has 1 atom stereocenters. The highest BCUT2D eigenvalue weighted by Crippen LogP contribution is 2.31. The Morgan fingerprint density at radius 1 is 1.47 bits per heavy atom. The number of thiazole rings is 1. The van der Waals surface area contributed by atoms with Crippen LogP contribution in [0.3, 0.4) is 0 Å². The number of aromatic nitrogens is 1. The van der Waals surface area contributed by atoms with Gasteiger partial charge in [0.15, 0.2) is 0 Å². The molecule has 0 radical (unpaired) electrons. The van der Waals surface area contributed by atoms with Crippen LogP contribution < -0.4 is 0 Å². The van der Waals surface area contributed by atoms with Crippen LogP contribution in [0.4, 0.5) is 0 Å². The van der Waals surface area contributed by atoms with Crippen LogP contribution in [0.15, 0.2) is 0 Å². The fourth-order valence-electron chi connectivity index (χ4n) is 1.83. The first-order valence-electron chi connectivity index (χ1n) is 6.03.